The van der Waals surface area contributed by atoms with E-state index in [-0.39, 0.29) is 11.3 Å². The summed E-state index contributed by atoms with van der Waals surface area (Å²) in [5.41, 5.74) is 3.05. The highest BCUT2D eigenvalue weighted by Gasteiger charge is 2.22. The molecule has 0 radical (unpaired) electrons. The maximum absolute atomic E-state index is 14.5. The number of imidazole rings is 1. The summed E-state index contributed by atoms with van der Waals surface area (Å²) in [4.78, 5) is 4.50. The molecule has 0 unspecified atom stereocenters. The van der Waals surface area contributed by atoms with Crippen LogP contribution < -0.4 is 5.32 Å². The molecule has 2 heterocycles. The van der Waals surface area contributed by atoms with E-state index in [1.165, 1.54) is 18.2 Å². The Morgan fingerprint density at radius 2 is 1.59 bits per heavy atom. The molecule has 27 heavy (non-hydrogen) atoms. The quantitative estimate of drug-likeness (QED) is 0.450. The summed E-state index contributed by atoms with van der Waals surface area (Å²) in [6.07, 6.45) is 0. The fourth-order valence-electron chi connectivity index (χ4n) is 3.18. The summed E-state index contributed by atoms with van der Waals surface area (Å²) < 4.78 is 30.8. The number of hydrogen-bond acceptors (Lipinski definition) is 2. The molecule has 0 saturated heterocycles. The molecular formula is C21H16ClF2N3. The first kappa shape index (κ1) is 17.5. The first-order valence-corrected chi connectivity index (χ1v) is 8.79. The van der Waals surface area contributed by atoms with Gasteiger partial charge in [0.2, 0.25) is 0 Å². The van der Waals surface area contributed by atoms with E-state index < -0.39 is 11.6 Å². The zero-order valence-corrected chi connectivity index (χ0v) is 15.5. The molecule has 0 amide bonds. The predicted molar refractivity (Wildman–Crippen MR) is 105 cm³/mol. The lowest BCUT2D eigenvalue weighted by molar-refractivity contribution is 0.589. The van der Waals surface area contributed by atoms with Crippen molar-refractivity contribution in [3.8, 4) is 11.3 Å². The van der Waals surface area contributed by atoms with Crippen LogP contribution in [0.2, 0.25) is 5.02 Å². The first-order chi connectivity index (χ1) is 13.0. The minimum Gasteiger partial charge on any atom is -0.338 e. The van der Waals surface area contributed by atoms with Crippen LogP contribution in [0.3, 0.4) is 0 Å². The Hall–Kier alpha value is -2.92. The topological polar surface area (TPSA) is 29.3 Å². The van der Waals surface area contributed by atoms with Crippen LogP contribution in [0.4, 0.5) is 20.3 Å². The second kappa shape index (κ2) is 6.67. The van der Waals surface area contributed by atoms with Crippen molar-refractivity contribution in [2.24, 2.45) is 0 Å². The summed E-state index contributed by atoms with van der Waals surface area (Å²) in [6, 6.07) is 14.8. The van der Waals surface area contributed by atoms with Crippen molar-refractivity contribution < 1.29 is 8.78 Å². The number of aromatic nitrogens is 2. The van der Waals surface area contributed by atoms with Crippen molar-refractivity contribution in [2.75, 3.05) is 5.32 Å². The number of fused-ring (bicyclic) bond motifs is 1. The number of benzene rings is 2. The molecule has 136 valence electrons. The Labute approximate surface area is 160 Å². The van der Waals surface area contributed by atoms with E-state index in [0.717, 1.165) is 11.3 Å². The third-order valence-corrected chi connectivity index (χ3v) is 4.82. The van der Waals surface area contributed by atoms with Gasteiger partial charge in [0.1, 0.15) is 28.8 Å². The fourth-order valence-corrected chi connectivity index (χ4v) is 3.45. The molecule has 0 saturated carbocycles. The molecule has 0 aliphatic heterocycles. The molecule has 0 atom stereocenters. The molecule has 0 fully saturated rings. The van der Waals surface area contributed by atoms with Crippen molar-refractivity contribution in [3.05, 3.63) is 82.5 Å². The zero-order chi connectivity index (χ0) is 19.1. The number of halogens is 3. The third-order valence-electron chi connectivity index (χ3n) is 4.50. The van der Waals surface area contributed by atoms with Gasteiger partial charge in [-0.1, -0.05) is 35.9 Å². The lowest BCUT2D eigenvalue weighted by Crippen LogP contribution is -2.02. The van der Waals surface area contributed by atoms with Gasteiger partial charge < -0.3 is 5.32 Å². The van der Waals surface area contributed by atoms with Crippen molar-refractivity contribution >= 4 is 28.8 Å². The van der Waals surface area contributed by atoms with Crippen LogP contribution in [0.1, 0.15) is 11.3 Å². The number of nitrogens with one attached hydrogen (secondary N) is 1. The van der Waals surface area contributed by atoms with E-state index in [0.29, 0.717) is 22.2 Å². The van der Waals surface area contributed by atoms with Crippen LogP contribution in [0.25, 0.3) is 16.9 Å². The minimum atomic E-state index is -0.671. The molecule has 1 N–H and O–H groups in total. The fraction of sp³-hybridized carbons (Fsp3) is 0.0952. The second-order valence-electron chi connectivity index (χ2n) is 6.32. The smallest absolute Gasteiger partial charge is 0.143 e. The highest BCUT2D eigenvalue weighted by Crippen LogP contribution is 2.37. The third kappa shape index (κ3) is 2.94. The number of para-hydroxylation sites is 1. The number of rotatable bonds is 3. The van der Waals surface area contributed by atoms with Gasteiger partial charge in [-0.2, -0.15) is 0 Å². The first-order valence-electron chi connectivity index (χ1n) is 8.42. The molecule has 2 aromatic carbocycles. The van der Waals surface area contributed by atoms with E-state index in [1.54, 1.807) is 12.1 Å². The highest BCUT2D eigenvalue weighted by atomic mass is 35.5. The van der Waals surface area contributed by atoms with E-state index in [9.17, 15) is 8.78 Å². The largest absolute Gasteiger partial charge is 0.338 e. The molecule has 2 aromatic heterocycles. The van der Waals surface area contributed by atoms with Gasteiger partial charge in [-0.25, -0.2) is 13.8 Å². The second-order valence-corrected chi connectivity index (χ2v) is 6.73. The van der Waals surface area contributed by atoms with Crippen molar-refractivity contribution in [1.29, 1.82) is 0 Å². The van der Waals surface area contributed by atoms with Crippen molar-refractivity contribution in [2.45, 2.75) is 13.8 Å². The lowest BCUT2D eigenvalue weighted by Gasteiger charge is -2.14. The van der Waals surface area contributed by atoms with Gasteiger partial charge in [-0.05, 0) is 49.7 Å². The molecule has 3 nitrogen and oxygen atoms in total. The highest BCUT2D eigenvalue weighted by molar-refractivity contribution is 6.33. The van der Waals surface area contributed by atoms with Crippen molar-refractivity contribution in [1.82, 2.24) is 9.38 Å². The Kier molecular flexibility index (Phi) is 4.32. The standard InChI is InChI=1S/C21H16ClF2N3/c1-12-6-3-8-14(22)19(12)26-21-20(18-15(23)9-5-10-16(18)24)25-17-11-4-7-13(2)27(17)21/h3-11,26H,1-2H3. The molecule has 4 rings (SSSR count). The molecular weight excluding hydrogens is 368 g/mol. The van der Waals surface area contributed by atoms with Crippen LogP contribution in [0.5, 0.6) is 0 Å². The summed E-state index contributed by atoms with van der Waals surface area (Å²) in [5, 5.41) is 3.77. The predicted octanol–water partition coefficient (Wildman–Crippen LogP) is 6.29. The minimum absolute atomic E-state index is 0.173. The molecule has 0 aliphatic carbocycles. The lowest BCUT2D eigenvalue weighted by atomic mass is 10.1. The zero-order valence-electron chi connectivity index (χ0n) is 14.7. The SMILES string of the molecule is Cc1cccc(Cl)c1Nc1c(-c2c(F)cccc2F)nc2cccc(C)n12. The van der Waals surface area contributed by atoms with Gasteiger partial charge in [0, 0.05) is 5.69 Å². The summed E-state index contributed by atoms with van der Waals surface area (Å²) >= 11 is 6.36. The number of aryl methyl sites for hydroxylation is 2. The van der Waals surface area contributed by atoms with Crippen LogP contribution in [-0.2, 0) is 0 Å². The van der Waals surface area contributed by atoms with Crippen LogP contribution in [0, 0.1) is 25.5 Å². The molecule has 4 aromatic rings. The number of nitrogens with zero attached hydrogens (tertiary/aromatic N) is 2. The normalized spacial score (nSPS) is 11.1. The Morgan fingerprint density at radius 1 is 0.926 bits per heavy atom. The molecule has 6 heteroatoms. The van der Waals surface area contributed by atoms with Gasteiger partial charge in [-0.15, -0.1) is 0 Å². The Bertz CT molecular complexity index is 1130. The van der Waals surface area contributed by atoms with Gasteiger partial charge >= 0.3 is 0 Å². The van der Waals surface area contributed by atoms with Gasteiger partial charge in [0.15, 0.2) is 0 Å². The molecule has 0 aliphatic rings. The number of anilines is 2. The van der Waals surface area contributed by atoms with Crippen molar-refractivity contribution in [3.63, 3.8) is 0 Å². The summed E-state index contributed by atoms with van der Waals surface area (Å²) in [5.74, 6) is -0.881. The molecule has 0 bridgehead atoms. The number of hydrogen-bond donors (Lipinski definition) is 1. The maximum atomic E-state index is 14.5. The van der Waals surface area contributed by atoms with E-state index >= 15 is 0 Å². The average molecular weight is 384 g/mol. The van der Waals surface area contributed by atoms with Gasteiger partial charge in [0.05, 0.1) is 16.3 Å². The van der Waals surface area contributed by atoms with Gasteiger partial charge in [-0.3, -0.25) is 4.40 Å². The maximum Gasteiger partial charge on any atom is 0.143 e. The van der Waals surface area contributed by atoms with E-state index in [1.807, 2.05) is 42.5 Å². The van der Waals surface area contributed by atoms with Gasteiger partial charge in [0.25, 0.3) is 0 Å². The number of pyridine rings is 1. The monoisotopic (exact) mass is 383 g/mol. The van der Waals surface area contributed by atoms with E-state index in [2.05, 4.69) is 10.3 Å². The Morgan fingerprint density at radius 3 is 2.30 bits per heavy atom. The van der Waals surface area contributed by atoms with Crippen LogP contribution in [0.15, 0.2) is 54.6 Å². The summed E-state index contributed by atoms with van der Waals surface area (Å²) in [7, 11) is 0. The average Bonchev–Trinajstić information content (AvgIpc) is 2.97. The van der Waals surface area contributed by atoms with Crippen LogP contribution >= 0.6 is 11.6 Å². The summed E-state index contributed by atoms with van der Waals surface area (Å²) in [6.45, 7) is 3.81. The molecule has 0 spiro atoms. The Balaban J connectivity index is 2.03. The van der Waals surface area contributed by atoms with E-state index in [4.69, 9.17) is 11.6 Å². The van der Waals surface area contributed by atoms with Crippen LogP contribution in [-0.4, -0.2) is 9.38 Å².